The molecular weight excluding hydrogens is 1060 g/mol. The average Bonchev–Trinajstić information content (AvgIpc) is 3.89. The summed E-state index contributed by atoms with van der Waals surface area (Å²) in [6.45, 7) is 3.14. The fraction of sp³-hybridized carbons (Fsp3) is 0.133. The molecule has 0 aliphatic heterocycles. The molecule has 380 valence electrons. The summed E-state index contributed by atoms with van der Waals surface area (Å²) in [4.78, 5) is 4.24. The van der Waals surface area contributed by atoms with Crippen molar-refractivity contribution in [2.45, 2.75) is 25.2 Å². The first-order chi connectivity index (χ1) is 34.9. The lowest BCUT2D eigenvalue weighted by Crippen LogP contribution is -2.08. The molecule has 0 aliphatic rings. The molecule has 0 spiro atoms. The van der Waals surface area contributed by atoms with Gasteiger partial charge in [-0.2, -0.15) is 35.8 Å². The van der Waals surface area contributed by atoms with E-state index in [4.69, 9.17) is 21.9 Å². The summed E-state index contributed by atoms with van der Waals surface area (Å²) in [5.41, 5.74) is 4.21. The number of nitrogens with zero attached hydrogens (tertiary/aromatic N) is 10. The molecule has 3 heterocycles. The normalized spacial score (nSPS) is 11.9. The summed E-state index contributed by atoms with van der Waals surface area (Å²) in [6, 6.07) is 32.7. The van der Waals surface area contributed by atoms with E-state index in [1.165, 1.54) is 28.7 Å². The second-order valence-electron chi connectivity index (χ2n) is 15.3. The number of nitriles is 2. The molecular formula is C45H36N10O14S5. The fourth-order valence-electron chi connectivity index (χ4n) is 6.96. The number of thiophene rings is 1. The van der Waals surface area contributed by atoms with Crippen LogP contribution in [0.15, 0.2) is 139 Å². The summed E-state index contributed by atoms with van der Waals surface area (Å²) >= 11 is 1.02. The van der Waals surface area contributed by atoms with Crippen molar-refractivity contribution in [1.82, 2.24) is 9.38 Å². The van der Waals surface area contributed by atoms with E-state index in [1.54, 1.807) is 86.6 Å². The van der Waals surface area contributed by atoms with Crippen molar-refractivity contribution in [1.29, 1.82) is 10.5 Å². The quantitative estimate of drug-likeness (QED) is 0.0473. The summed E-state index contributed by atoms with van der Waals surface area (Å²) < 4.78 is 125. The average molecular weight is 1100 g/mol. The second-order valence-corrected chi connectivity index (χ2v) is 21.1. The fourth-order valence-corrected chi connectivity index (χ4v) is 9.06. The number of ether oxygens (including phenoxy) is 1. The highest BCUT2D eigenvalue weighted by Gasteiger charge is 2.23. The predicted octanol–water partition coefficient (Wildman–Crippen LogP) is 10.1. The summed E-state index contributed by atoms with van der Waals surface area (Å²) in [7, 11) is -15.6. The lowest BCUT2D eigenvalue weighted by Gasteiger charge is -2.12. The number of rotatable bonds is 13. The molecule has 0 unspecified atom stereocenters. The summed E-state index contributed by atoms with van der Waals surface area (Å²) in [6.07, 6.45) is 0.629. The maximum absolute atomic E-state index is 12.1. The zero-order valence-electron chi connectivity index (χ0n) is 38.3. The maximum Gasteiger partial charge on any atom is 0.425 e. The van der Waals surface area contributed by atoms with Crippen LogP contribution in [-0.4, -0.2) is 84.6 Å². The Morgan fingerprint density at radius 2 is 1.38 bits per heavy atom. The van der Waals surface area contributed by atoms with Crippen LogP contribution >= 0.6 is 11.3 Å². The number of pyridine rings is 1. The number of fused-ring (bicyclic) bond motifs is 4. The Hall–Kier alpha value is -8.26. The molecule has 0 saturated heterocycles. The largest absolute Gasteiger partial charge is 0.493 e. The van der Waals surface area contributed by atoms with Crippen LogP contribution in [-0.2, 0) is 41.0 Å². The molecule has 5 aromatic carbocycles. The monoisotopic (exact) mass is 1100 g/mol. The molecule has 8 aromatic rings. The SMILES string of the molecule is CS(=O)(=O)O.Cc1cc(N=Nc2c(C)c(C#N)c3nc4ccccc4n3c2O)c(OCCCS(=O)(=O)O)cc1N=Nc1sc(N=Nc2ccc3cccc(S(=O)(=O)O)c3c2)c(-c2ccccc2)c1C#N.O=S(=O)=O. The standard InChI is InChI=1S/C44H32N10O8S3.CH4O3S.O3S/c1-25-20-35(50-51-40-26(2)31(23-45)41-47-33-13-6-7-14-36(33)54(41)44(40)55)37(62-18-9-19-64(56,57)58)22-34(25)49-52-42-32(24-46)39(28-10-4-3-5-11-28)43(63-42)53-48-29-17-16-27-12-8-15-38(30(27)21-29)65(59,60)61;1-5(2,3)4;1-4(2)3/h3-8,10-17,20-22,55H,9,18-19H2,1-2H3,(H,56,57,58)(H,59,60,61);1H3,(H,2,3,4);. The molecule has 3 aromatic heterocycles. The minimum Gasteiger partial charge on any atom is -0.493 e. The third-order valence-electron chi connectivity index (χ3n) is 10.0. The molecule has 74 heavy (non-hydrogen) atoms. The number of aryl methyl sites for hydroxylation is 1. The van der Waals surface area contributed by atoms with E-state index in [2.05, 4.69) is 47.8 Å². The zero-order chi connectivity index (χ0) is 54.1. The van der Waals surface area contributed by atoms with Crippen molar-refractivity contribution in [3.63, 3.8) is 0 Å². The van der Waals surface area contributed by atoms with Crippen LogP contribution in [0.4, 0.5) is 32.8 Å². The van der Waals surface area contributed by atoms with Gasteiger partial charge in [-0.1, -0.05) is 72.0 Å². The van der Waals surface area contributed by atoms with Gasteiger partial charge in [-0.25, -0.2) is 4.98 Å². The van der Waals surface area contributed by atoms with Crippen LogP contribution in [0.1, 0.15) is 28.7 Å². The van der Waals surface area contributed by atoms with Crippen LogP contribution in [0, 0.1) is 36.5 Å². The Balaban J connectivity index is 0.000000914. The first-order valence-corrected chi connectivity index (χ1v) is 27.4. The number of imidazole rings is 1. The highest BCUT2D eigenvalue weighted by molar-refractivity contribution is 7.86. The molecule has 0 fully saturated rings. The van der Waals surface area contributed by atoms with Gasteiger partial charge in [-0.05, 0) is 73.2 Å². The van der Waals surface area contributed by atoms with Gasteiger partial charge in [0.15, 0.2) is 16.3 Å². The highest BCUT2D eigenvalue weighted by atomic mass is 32.2. The van der Waals surface area contributed by atoms with Gasteiger partial charge in [0, 0.05) is 22.6 Å². The number of hydrogen-bond acceptors (Lipinski definition) is 21. The minimum absolute atomic E-state index is 0.0108. The number of para-hydroxylation sites is 2. The Bertz CT molecular complexity index is 4140. The van der Waals surface area contributed by atoms with Crippen LogP contribution in [0.25, 0.3) is 38.6 Å². The van der Waals surface area contributed by atoms with Gasteiger partial charge in [-0.3, -0.25) is 18.1 Å². The number of benzene rings is 5. The minimum atomic E-state index is -4.54. The molecule has 0 amide bonds. The van der Waals surface area contributed by atoms with Gasteiger partial charge in [0.2, 0.25) is 5.88 Å². The summed E-state index contributed by atoms with van der Waals surface area (Å²) in [5, 5.41) is 59.8. The highest BCUT2D eigenvalue weighted by Crippen LogP contribution is 2.49. The number of hydrogen-bond donors (Lipinski definition) is 4. The van der Waals surface area contributed by atoms with E-state index in [0.717, 1.165) is 11.3 Å². The number of aromatic hydroxyl groups is 1. The van der Waals surface area contributed by atoms with Crippen LogP contribution in [0.3, 0.4) is 0 Å². The van der Waals surface area contributed by atoms with Gasteiger partial charge in [-0.15, -0.1) is 43.3 Å². The molecule has 0 bridgehead atoms. The molecule has 0 atom stereocenters. The smallest absolute Gasteiger partial charge is 0.425 e. The second kappa shape index (κ2) is 23.1. The zero-order valence-corrected chi connectivity index (χ0v) is 42.4. The Morgan fingerprint density at radius 1 is 0.743 bits per heavy atom. The third-order valence-corrected chi connectivity index (χ3v) is 12.7. The topological polar surface area (TPSA) is 383 Å². The lowest BCUT2D eigenvalue weighted by atomic mass is 10.0. The maximum atomic E-state index is 12.1. The van der Waals surface area contributed by atoms with Gasteiger partial charge in [0.05, 0.1) is 41.0 Å². The van der Waals surface area contributed by atoms with Crippen LogP contribution in [0.5, 0.6) is 11.6 Å². The number of aromatic nitrogens is 2. The van der Waals surface area contributed by atoms with Crippen molar-refractivity contribution >= 4 is 113 Å². The first-order valence-electron chi connectivity index (χ1n) is 20.7. The molecule has 0 saturated carbocycles. The van der Waals surface area contributed by atoms with E-state index < -0.39 is 46.7 Å². The van der Waals surface area contributed by atoms with E-state index in [0.29, 0.717) is 49.9 Å². The molecule has 0 aliphatic carbocycles. The van der Waals surface area contributed by atoms with Crippen molar-refractivity contribution < 1.29 is 61.4 Å². The molecule has 8 rings (SSSR count). The van der Waals surface area contributed by atoms with Crippen molar-refractivity contribution in [2.24, 2.45) is 30.7 Å². The third kappa shape index (κ3) is 13.8. The van der Waals surface area contributed by atoms with Gasteiger partial charge in [0.25, 0.3) is 30.4 Å². The lowest BCUT2D eigenvalue weighted by molar-refractivity contribution is 0.317. The molecule has 0 radical (unpaired) electrons. The van der Waals surface area contributed by atoms with Crippen molar-refractivity contribution in [3.8, 4) is 34.9 Å². The van der Waals surface area contributed by atoms with Gasteiger partial charge >= 0.3 is 10.6 Å². The Kier molecular flexibility index (Phi) is 17.2. The number of azo groups is 3. The van der Waals surface area contributed by atoms with Gasteiger partial charge < -0.3 is 9.84 Å². The van der Waals surface area contributed by atoms with Crippen LogP contribution < -0.4 is 4.74 Å². The molecule has 24 nitrogen and oxygen atoms in total. The van der Waals surface area contributed by atoms with E-state index in [9.17, 15) is 50.0 Å². The molecule has 4 N–H and O–H groups in total. The van der Waals surface area contributed by atoms with E-state index in [1.807, 2.05) is 6.07 Å². The predicted molar refractivity (Wildman–Crippen MR) is 269 cm³/mol. The van der Waals surface area contributed by atoms with Crippen molar-refractivity contribution in [2.75, 3.05) is 18.6 Å². The Labute approximate surface area is 426 Å². The summed E-state index contributed by atoms with van der Waals surface area (Å²) in [5.74, 6) is -0.807. The van der Waals surface area contributed by atoms with Gasteiger partial charge in [0.1, 0.15) is 44.6 Å². The first kappa shape index (κ1) is 55.1. The van der Waals surface area contributed by atoms with Crippen LogP contribution in [0.2, 0.25) is 0 Å². The van der Waals surface area contributed by atoms with E-state index >= 15 is 0 Å². The Morgan fingerprint density at radius 3 is 2.03 bits per heavy atom. The molecule has 29 heteroatoms. The van der Waals surface area contributed by atoms with Crippen molar-refractivity contribution in [3.05, 3.63) is 125 Å². The van der Waals surface area contributed by atoms with E-state index in [-0.39, 0.29) is 79.5 Å².